The Labute approximate surface area is 120 Å². The smallest absolute Gasteiger partial charge is 0.255 e. The number of amides is 1. The molecule has 1 aromatic carbocycles. The number of carbonyl (C=O) groups excluding carboxylic acids is 1. The predicted octanol–water partition coefficient (Wildman–Crippen LogP) is 2.35. The first kappa shape index (κ1) is 14.6. The zero-order chi connectivity index (χ0) is 14.5. The van der Waals surface area contributed by atoms with Crippen LogP contribution in [0.5, 0.6) is 0 Å². The van der Waals surface area contributed by atoms with Gasteiger partial charge in [0, 0.05) is 25.1 Å². The zero-order valence-corrected chi connectivity index (χ0v) is 12.1. The van der Waals surface area contributed by atoms with Crippen LogP contribution in [0.25, 0.3) is 0 Å². The van der Waals surface area contributed by atoms with Crippen molar-refractivity contribution >= 4 is 5.91 Å². The van der Waals surface area contributed by atoms with Crippen molar-refractivity contribution in [1.29, 1.82) is 0 Å². The highest BCUT2D eigenvalue weighted by Crippen LogP contribution is 2.25. The summed E-state index contributed by atoms with van der Waals surface area (Å²) in [5.41, 5.74) is 2.51. The lowest BCUT2D eigenvalue weighted by Crippen LogP contribution is -2.41. The molecule has 0 bridgehead atoms. The number of aliphatic hydroxyl groups excluding tert-OH is 1. The maximum Gasteiger partial charge on any atom is 0.255 e. The summed E-state index contributed by atoms with van der Waals surface area (Å²) in [5, 5.41) is 8.80. The summed E-state index contributed by atoms with van der Waals surface area (Å²) in [6.45, 7) is 2.03. The summed E-state index contributed by atoms with van der Waals surface area (Å²) >= 11 is 0. The molecule has 106 valence electrons. The van der Waals surface area contributed by atoms with E-state index in [9.17, 15) is 4.79 Å². The van der Waals surface area contributed by atoms with Crippen molar-refractivity contribution in [3.63, 3.8) is 0 Å². The van der Waals surface area contributed by atoms with Gasteiger partial charge in [0.1, 0.15) is 0 Å². The van der Waals surface area contributed by atoms with Crippen LogP contribution in [-0.4, -0.2) is 35.6 Å². The van der Waals surface area contributed by atoms with Gasteiger partial charge in [-0.2, -0.15) is 0 Å². The minimum absolute atomic E-state index is 0.0444. The lowest BCUT2D eigenvalue weighted by atomic mass is 9.91. The van der Waals surface area contributed by atoms with E-state index in [1.807, 2.05) is 37.1 Å². The van der Waals surface area contributed by atoms with Crippen LogP contribution in [0.2, 0.25) is 0 Å². The number of aryl methyl sites for hydroxylation is 1. The molecule has 0 radical (unpaired) electrons. The summed E-state index contributed by atoms with van der Waals surface area (Å²) in [5.74, 6) is 5.95. The average Bonchev–Trinajstić information content (AvgIpc) is 2.36. The number of hydrogen-bond donors (Lipinski definition) is 1. The molecule has 20 heavy (non-hydrogen) atoms. The van der Waals surface area contributed by atoms with Crippen LogP contribution in [0.3, 0.4) is 0 Å². The fourth-order valence-electron chi connectivity index (χ4n) is 2.29. The third-order valence-electron chi connectivity index (χ3n) is 3.81. The highest BCUT2D eigenvalue weighted by Gasteiger charge is 2.27. The Morgan fingerprint density at radius 1 is 1.45 bits per heavy atom. The summed E-state index contributed by atoms with van der Waals surface area (Å²) in [6.07, 6.45) is 3.83. The molecular weight excluding hydrogens is 250 g/mol. The van der Waals surface area contributed by atoms with E-state index in [0.717, 1.165) is 24.0 Å². The van der Waals surface area contributed by atoms with E-state index in [1.54, 1.807) is 0 Å². The maximum atomic E-state index is 12.6. The fraction of sp³-hybridized carbons (Fsp3) is 0.471. The Kier molecular flexibility index (Phi) is 4.81. The number of hydrogen-bond acceptors (Lipinski definition) is 2. The van der Waals surface area contributed by atoms with Crippen molar-refractivity contribution in [2.75, 3.05) is 13.7 Å². The molecule has 0 aliphatic heterocycles. The molecule has 0 saturated heterocycles. The van der Waals surface area contributed by atoms with Gasteiger partial charge in [-0.3, -0.25) is 4.79 Å². The molecule has 1 aromatic rings. The van der Waals surface area contributed by atoms with Crippen molar-refractivity contribution < 1.29 is 9.90 Å². The SMILES string of the molecule is Cc1ccc(C(=O)N(C)C2CCC2)c(C#CCCO)c1. The Balaban J connectivity index is 2.25. The van der Waals surface area contributed by atoms with E-state index in [4.69, 9.17) is 5.11 Å². The minimum Gasteiger partial charge on any atom is -0.395 e. The maximum absolute atomic E-state index is 12.6. The van der Waals surface area contributed by atoms with Gasteiger partial charge in [-0.25, -0.2) is 0 Å². The second kappa shape index (κ2) is 6.58. The molecule has 1 aliphatic carbocycles. The number of benzene rings is 1. The van der Waals surface area contributed by atoms with Gasteiger partial charge in [-0.1, -0.05) is 17.9 Å². The average molecular weight is 271 g/mol. The van der Waals surface area contributed by atoms with Gasteiger partial charge in [-0.05, 0) is 43.9 Å². The van der Waals surface area contributed by atoms with E-state index in [2.05, 4.69) is 11.8 Å². The molecule has 1 aliphatic rings. The largest absolute Gasteiger partial charge is 0.395 e. The van der Waals surface area contributed by atoms with Gasteiger partial charge in [-0.15, -0.1) is 0 Å². The molecule has 0 spiro atoms. The van der Waals surface area contributed by atoms with Crippen molar-refractivity contribution in [2.24, 2.45) is 0 Å². The molecule has 1 fully saturated rings. The van der Waals surface area contributed by atoms with Crippen LogP contribution < -0.4 is 0 Å². The normalized spacial score (nSPS) is 14.2. The second-order valence-corrected chi connectivity index (χ2v) is 5.33. The van der Waals surface area contributed by atoms with Crippen LogP contribution in [0.4, 0.5) is 0 Å². The van der Waals surface area contributed by atoms with Crippen molar-refractivity contribution in [2.45, 2.75) is 38.6 Å². The van der Waals surface area contributed by atoms with E-state index in [-0.39, 0.29) is 12.5 Å². The molecule has 1 N–H and O–H groups in total. The van der Waals surface area contributed by atoms with E-state index >= 15 is 0 Å². The zero-order valence-electron chi connectivity index (χ0n) is 12.1. The standard InChI is InChI=1S/C17H21NO2/c1-13-9-10-16(14(12-13)6-3-4-11-19)17(20)18(2)15-7-5-8-15/h9-10,12,15,19H,4-5,7-8,11H2,1-2H3. The van der Waals surface area contributed by atoms with Crippen LogP contribution in [0.15, 0.2) is 18.2 Å². The van der Waals surface area contributed by atoms with Crippen LogP contribution in [0, 0.1) is 18.8 Å². The van der Waals surface area contributed by atoms with E-state index in [1.165, 1.54) is 6.42 Å². The first-order valence-corrected chi connectivity index (χ1v) is 7.11. The second-order valence-electron chi connectivity index (χ2n) is 5.33. The molecule has 3 heteroatoms. The molecule has 0 atom stereocenters. The fourth-order valence-corrected chi connectivity index (χ4v) is 2.29. The number of rotatable bonds is 3. The van der Waals surface area contributed by atoms with Gasteiger partial charge < -0.3 is 10.0 Å². The molecule has 2 rings (SSSR count). The number of nitrogens with zero attached hydrogens (tertiary/aromatic N) is 1. The Bertz CT molecular complexity index is 550. The summed E-state index contributed by atoms with van der Waals surface area (Å²) < 4.78 is 0. The molecule has 1 saturated carbocycles. The van der Waals surface area contributed by atoms with Crippen LogP contribution >= 0.6 is 0 Å². The Morgan fingerprint density at radius 3 is 2.80 bits per heavy atom. The number of aliphatic hydroxyl groups is 1. The summed E-state index contributed by atoms with van der Waals surface area (Å²) in [7, 11) is 1.87. The third-order valence-corrected chi connectivity index (χ3v) is 3.81. The molecular formula is C17H21NO2. The lowest BCUT2D eigenvalue weighted by molar-refractivity contribution is 0.0652. The third kappa shape index (κ3) is 3.20. The Morgan fingerprint density at radius 2 is 2.20 bits per heavy atom. The molecule has 3 nitrogen and oxygen atoms in total. The molecule has 0 heterocycles. The highest BCUT2D eigenvalue weighted by molar-refractivity contribution is 5.97. The Hall–Kier alpha value is -1.79. The van der Waals surface area contributed by atoms with Crippen molar-refractivity contribution in [1.82, 2.24) is 4.90 Å². The van der Waals surface area contributed by atoms with Crippen LogP contribution in [-0.2, 0) is 0 Å². The molecule has 1 amide bonds. The summed E-state index contributed by atoms with van der Waals surface area (Å²) in [6, 6.07) is 6.11. The molecule has 0 unspecified atom stereocenters. The quantitative estimate of drug-likeness (QED) is 0.857. The van der Waals surface area contributed by atoms with E-state index in [0.29, 0.717) is 18.0 Å². The van der Waals surface area contributed by atoms with Crippen molar-refractivity contribution in [3.8, 4) is 11.8 Å². The molecule has 0 aromatic heterocycles. The highest BCUT2D eigenvalue weighted by atomic mass is 16.2. The first-order valence-electron chi connectivity index (χ1n) is 7.11. The monoisotopic (exact) mass is 271 g/mol. The van der Waals surface area contributed by atoms with Gasteiger partial charge in [0.15, 0.2) is 0 Å². The summed E-state index contributed by atoms with van der Waals surface area (Å²) in [4.78, 5) is 14.4. The lowest BCUT2D eigenvalue weighted by Gasteiger charge is -2.35. The van der Waals surface area contributed by atoms with E-state index < -0.39 is 0 Å². The van der Waals surface area contributed by atoms with Crippen molar-refractivity contribution in [3.05, 3.63) is 34.9 Å². The van der Waals surface area contributed by atoms with Gasteiger partial charge in [0.2, 0.25) is 0 Å². The predicted molar refractivity (Wildman–Crippen MR) is 79.5 cm³/mol. The minimum atomic E-state index is 0.0444. The van der Waals surface area contributed by atoms with Gasteiger partial charge in [0.25, 0.3) is 5.91 Å². The van der Waals surface area contributed by atoms with Crippen LogP contribution in [0.1, 0.15) is 47.2 Å². The van der Waals surface area contributed by atoms with Gasteiger partial charge >= 0.3 is 0 Å². The van der Waals surface area contributed by atoms with Gasteiger partial charge in [0.05, 0.1) is 12.2 Å². The number of carbonyl (C=O) groups is 1. The first-order chi connectivity index (χ1) is 9.63. The topological polar surface area (TPSA) is 40.5 Å².